The minimum Gasteiger partial charge on any atom is -0.513 e. The number of aliphatic hydroxyl groups is 1. The van der Waals surface area contributed by atoms with E-state index >= 15 is 0 Å². The highest BCUT2D eigenvalue weighted by atomic mass is 35.5. The average molecular weight is 442 g/mol. The molecule has 0 saturated heterocycles. The third kappa shape index (κ3) is 5.05. The van der Waals surface area contributed by atoms with Crippen LogP contribution in [0, 0.1) is 6.92 Å². The number of para-hydroxylation sites is 1. The van der Waals surface area contributed by atoms with Gasteiger partial charge in [0.15, 0.2) is 0 Å². The summed E-state index contributed by atoms with van der Waals surface area (Å²) in [6.07, 6.45) is 13.4. The number of ether oxygens (including phenoxy) is 1. The van der Waals surface area contributed by atoms with Gasteiger partial charge in [0.1, 0.15) is 5.75 Å². The van der Waals surface area contributed by atoms with Crippen LogP contribution in [0.15, 0.2) is 89.0 Å². The number of rotatable bonds is 5. The lowest BCUT2D eigenvalue weighted by atomic mass is 9.99. The van der Waals surface area contributed by atoms with Gasteiger partial charge in [-0.05, 0) is 43.2 Å². The van der Waals surface area contributed by atoms with Gasteiger partial charge >= 0.3 is 0 Å². The average Bonchev–Trinajstić information content (AvgIpc) is 2.96. The smallest absolute Gasteiger partial charge is 0.126 e. The Kier molecular flexibility index (Phi) is 7.57. The molecule has 0 saturated carbocycles. The molecule has 3 nitrogen and oxygen atoms in total. The Balaban J connectivity index is 2.22. The molecule has 1 aliphatic heterocycles. The number of aliphatic hydroxyl groups excluding tert-OH is 1. The fraction of sp³-hybridized carbons (Fsp3) is 0.280. The second-order valence-electron chi connectivity index (χ2n) is 7.31. The summed E-state index contributed by atoms with van der Waals surface area (Å²) in [6.45, 7) is 7.78. The van der Waals surface area contributed by atoms with E-state index in [1.54, 1.807) is 18.9 Å². The maximum Gasteiger partial charge on any atom is 0.126 e. The number of hydrogen-bond donors (Lipinski definition) is 2. The summed E-state index contributed by atoms with van der Waals surface area (Å²) in [5.74, 6) is 1.04. The monoisotopic (exact) mass is 441 g/mol. The van der Waals surface area contributed by atoms with Crippen LogP contribution in [0.2, 0.25) is 0 Å². The second-order valence-corrected chi connectivity index (χ2v) is 9.11. The molecule has 30 heavy (non-hydrogen) atoms. The minimum atomic E-state index is -0.0280. The van der Waals surface area contributed by atoms with E-state index in [4.69, 9.17) is 16.3 Å². The standard InChI is InChI=1S/C25H28ClNO2S/c1-5-6-12-22-23(14-17(3)28)30-25(19-11-7-9-16(2)24(19)29-4)20-15-18(26)10-8-13-21(20)27-22/h5-9,11-13,15,23,25,27-28H,3,10,14H2,1-2,4H3/b6-5-,22-12-/t23-,25?/m1/s1. The predicted molar refractivity (Wildman–Crippen MR) is 129 cm³/mol. The number of benzene rings is 1. The molecule has 1 aromatic carbocycles. The highest BCUT2D eigenvalue weighted by Gasteiger charge is 2.32. The highest BCUT2D eigenvalue weighted by molar-refractivity contribution is 8.00. The Morgan fingerprint density at radius 3 is 2.93 bits per heavy atom. The third-order valence-electron chi connectivity index (χ3n) is 5.05. The van der Waals surface area contributed by atoms with E-state index in [0.717, 1.165) is 38.9 Å². The van der Waals surface area contributed by atoms with E-state index in [-0.39, 0.29) is 16.3 Å². The summed E-state index contributed by atoms with van der Waals surface area (Å²) in [5, 5.41) is 14.4. The number of nitrogens with one attached hydrogen (secondary N) is 1. The molecule has 0 amide bonds. The fourth-order valence-corrected chi connectivity index (χ4v) is 5.47. The molecule has 0 radical (unpaired) electrons. The van der Waals surface area contributed by atoms with Gasteiger partial charge in [-0.15, -0.1) is 11.8 Å². The molecular weight excluding hydrogens is 414 g/mol. The van der Waals surface area contributed by atoms with Crippen LogP contribution in [-0.4, -0.2) is 17.5 Å². The van der Waals surface area contributed by atoms with Crippen LogP contribution in [0.25, 0.3) is 0 Å². The Hall–Kier alpha value is -2.30. The lowest BCUT2D eigenvalue weighted by Crippen LogP contribution is -2.20. The maximum atomic E-state index is 10.0. The zero-order valence-corrected chi connectivity index (χ0v) is 19.2. The van der Waals surface area contributed by atoms with Crippen molar-refractivity contribution in [2.45, 2.75) is 37.2 Å². The zero-order chi connectivity index (χ0) is 21.7. The molecule has 0 spiro atoms. The van der Waals surface area contributed by atoms with Gasteiger partial charge in [-0.1, -0.05) is 54.6 Å². The Labute approximate surface area is 188 Å². The molecule has 2 atom stereocenters. The molecule has 158 valence electrons. The van der Waals surface area contributed by atoms with Crippen LogP contribution < -0.4 is 10.1 Å². The first-order valence-electron chi connectivity index (χ1n) is 9.97. The molecule has 1 unspecified atom stereocenters. The fourth-order valence-electron chi connectivity index (χ4n) is 3.69. The Bertz CT molecular complexity index is 971. The number of aryl methyl sites for hydroxylation is 1. The van der Waals surface area contributed by atoms with Crippen molar-refractivity contribution in [1.29, 1.82) is 0 Å². The van der Waals surface area contributed by atoms with E-state index in [1.165, 1.54) is 0 Å². The quantitative estimate of drug-likeness (QED) is 0.482. The molecular formula is C25H28ClNO2S. The normalized spacial score (nSPS) is 22.9. The lowest BCUT2D eigenvalue weighted by molar-refractivity contribution is 0.392. The molecule has 0 fully saturated rings. The molecule has 3 rings (SSSR count). The van der Waals surface area contributed by atoms with Gasteiger partial charge in [0, 0.05) is 34.8 Å². The van der Waals surface area contributed by atoms with Crippen molar-refractivity contribution in [1.82, 2.24) is 5.32 Å². The summed E-state index contributed by atoms with van der Waals surface area (Å²) in [5.41, 5.74) is 5.30. The van der Waals surface area contributed by atoms with Crippen molar-refractivity contribution < 1.29 is 9.84 Å². The topological polar surface area (TPSA) is 41.5 Å². The number of thioether (sulfide) groups is 1. The largest absolute Gasteiger partial charge is 0.513 e. The van der Waals surface area contributed by atoms with Crippen molar-refractivity contribution >= 4 is 23.4 Å². The van der Waals surface area contributed by atoms with Crippen LogP contribution in [0.3, 0.4) is 0 Å². The van der Waals surface area contributed by atoms with Gasteiger partial charge in [0.25, 0.3) is 0 Å². The minimum absolute atomic E-state index is 0.0126. The van der Waals surface area contributed by atoms with Crippen LogP contribution in [0.5, 0.6) is 5.75 Å². The summed E-state index contributed by atoms with van der Waals surface area (Å²) < 4.78 is 5.80. The van der Waals surface area contributed by atoms with Crippen molar-refractivity contribution in [3.8, 4) is 5.75 Å². The summed E-state index contributed by atoms with van der Waals surface area (Å²) >= 11 is 8.29. The van der Waals surface area contributed by atoms with Crippen molar-refractivity contribution in [2.75, 3.05) is 7.11 Å². The van der Waals surface area contributed by atoms with Crippen molar-refractivity contribution in [2.24, 2.45) is 0 Å². The number of methoxy groups -OCH3 is 1. The maximum absolute atomic E-state index is 10.0. The van der Waals surface area contributed by atoms with Crippen LogP contribution in [0.1, 0.15) is 36.1 Å². The van der Waals surface area contributed by atoms with Crippen LogP contribution in [0.4, 0.5) is 0 Å². The first-order valence-corrected chi connectivity index (χ1v) is 11.3. The highest BCUT2D eigenvalue weighted by Crippen LogP contribution is 2.49. The third-order valence-corrected chi connectivity index (χ3v) is 6.84. The first kappa shape index (κ1) is 22.4. The van der Waals surface area contributed by atoms with Gasteiger partial charge < -0.3 is 15.2 Å². The van der Waals surface area contributed by atoms with Crippen LogP contribution in [-0.2, 0) is 0 Å². The second kappa shape index (κ2) is 10.1. The van der Waals surface area contributed by atoms with Gasteiger partial charge in [-0.25, -0.2) is 0 Å². The molecule has 0 bridgehead atoms. The molecule has 2 N–H and O–H groups in total. The van der Waals surface area contributed by atoms with Crippen molar-refractivity contribution in [3.63, 3.8) is 0 Å². The SMILES string of the molecule is C=C(O)C[C@H]1SC(c2cccc(C)c2OC)C2=C(C=CCC(Cl)=C2)N/C1=C\C=C/C. The van der Waals surface area contributed by atoms with E-state index < -0.39 is 0 Å². The molecule has 1 heterocycles. The Morgan fingerprint density at radius 2 is 2.23 bits per heavy atom. The van der Waals surface area contributed by atoms with Gasteiger partial charge in [0.2, 0.25) is 0 Å². The molecule has 2 aliphatic rings. The molecule has 1 aromatic rings. The van der Waals surface area contributed by atoms with Crippen LogP contribution >= 0.6 is 23.4 Å². The van der Waals surface area contributed by atoms with Crippen molar-refractivity contribution in [3.05, 3.63) is 100 Å². The number of hydrogen-bond acceptors (Lipinski definition) is 4. The molecule has 5 heteroatoms. The van der Waals surface area contributed by atoms with E-state index in [2.05, 4.69) is 61.3 Å². The summed E-state index contributed by atoms with van der Waals surface area (Å²) in [4.78, 5) is 0. The zero-order valence-electron chi connectivity index (χ0n) is 17.6. The van der Waals surface area contributed by atoms with Gasteiger partial charge in [-0.2, -0.15) is 0 Å². The number of halogens is 1. The summed E-state index contributed by atoms with van der Waals surface area (Å²) in [6, 6.07) is 6.22. The van der Waals surface area contributed by atoms with E-state index in [1.807, 2.05) is 19.1 Å². The first-order chi connectivity index (χ1) is 14.4. The lowest BCUT2D eigenvalue weighted by Gasteiger charge is -2.24. The summed E-state index contributed by atoms with van der Waals surface area (Å²) in [7, 11) is 1.71. The van der Waals surface area contributed by atoms with E-state index in [0.29, 0.717) is 12.8 Å². The molecule has 1 aliphatic carbocycles. The number of allylic oxidation sites excluding steroid dienone is 8. The Morgan fingerprint density at radius 1 is 1.43 bits per heavy atom. The van der Waals surface area contributed by atoms with Gasteiger partial charge in [-0.3, -0.25) is 0 Å². The van der Waals surface area contributed by atoms with E-state index in [9.17, 15) is 5.11 Å². The van der Waals surface area contributed by atoms with Gasteiger partial charge in [0.05, 0.1) is 23.4 Å². The predicted octanol–water partition coefficient (Wildman–Crippen LogP) is 7.01. The molecule has 0 aromatic heterocycles.